The fourth-order valence-corrected chi connectivity index (χ4v) is 3.70. The fraction of sp³-hybridized carbons (Fsp3) is 0.640. The van der Waals surface area contributed by atoms with E-state index in [0.717, 1.165) is 29.0 Å². The summed E-state index contributed by atoms with van der Waals surface area (Å²) >= 11 is 11.9. The number of ether oxygens (including phenoxy) is 3. The molecule has 1 rings (SSSR count). The van der Waals surface area contributed by atoms with Crippen molar-refractivity contribution in [2.24, 2.45) is 0 Å². The molecule has 0 bridgehead atoms. The number of benzene rings is 1. The monoisotopic (exact) mass is 550 g/mol. The van der Waals surface area contributed by atoms with Gasteiger partial charge >= 0.3 is 18.2 Å². The molecule has 8 nitrogen and oxygen atoms in total. The van der Waals surface area contributed by atoms with Crippen LogP contribution >= 0.6 is 23.2 Å². The van der Waals surface area contributed by atoms with Crippen LogP contribution in [0, 0.1) is 5.82 Å². The van der Waals surface area contributed by atoms with Crippen molar-refractivity contribution < 1.29 is 33.0 Å². The van der Waals surface area contributed by atoms with Crippen LogP contribution in [-0.4, -0.2) is 71.1 Å². The average molecular weight is 551 g/mol. The Morgan fingerprint density at radius 3 is 1.50 bits per heavy atom. The zero-order chi connectivity index (χ0) is 27.7. The van der Waals surface area contributed by atoms with Gasteiger partial charge in [-0.15, -0.1) is 23.2 Å². The number of carbonyl (C=O) groups excluding carboxylic acids is 3. The molecule has 0 aliphatic heterocycles. The molecule has 0 aromatic heterocycles. The Labute approximate surface area is 222 Å². The third-order valence-electron chi connectivity index (χ3n) is 4.76. The summed E-state index contributed by atoms with van der Waals surface area (Å²) < 4.78 is 30.4. The number of carbonyl (C=O) groups is 3. The van der Waals surface area contributed by atoms with E-state index in [2.05, 4.69) is 0 Å². The van der Waals surface area contributed by atoms with Crippen LogP contribution < -0.4 is 0 Å². The average Bonchev–Trinajstić information content (AvgIpc) is 2.75. The lowest BCUT2D eigenvalue weighted by molar-refractivity contribution is -0.171. The molecule has 36 heavy (non-hydrogen) atoms. The highest BCUT2D eigenvalue weighted by Crippen LogP contribution is 2.37. The lowest BCUT2D eigenvalue weighted by Gasteiger charge is -2.48. The van der Waals surface area contributed by atoms with Gasteiger partial charge in [0.25, 0.3) is 0 Å². The highest BCUT2D eigenvalue weighted by atomic mass is 35.5. The molecule has 11 heteroatoms. The van der Waals surface area contributed by atoms with Crippen LogP contribution in [0.5, 0.6) is 0 Å². The number of alkyl halides is 2. The summed E-state index contributed by atoms with van der Waals surface area (Å²) in [6.07, 6.45) is -1.31. The molecule has 0 saturated carbocycles. The molecule has 0 radical (unpaired) electrons. The quantitative estimate of drug-likeness (QED) is 0.156. The number of hydrogen-bond donors (Lipinski definition) is 0. The Hall–Kier alpha value is -2.26. The van der Waals surface area contributed by atoms with Crippen LogP contribution in [0.1, 0.15) is 59.9 Å². The van der Waals surface area contributed by atoms with Crippen LogP contribution in [-0.2, 0) is 24.7 Å². The van der Waals surface area contributed by atoms with Crippen LogP contribution in [0.25, 0.3) is 0 Å². The molecular formula is C25H37Cl2FN2O6. The Bertz CT molecular complexity index is 844. The van der Waals surface area contributed by atoms with Gasteiger partial charge < -0.3 is 14.2 Å². The smallest absolute Gasteiger partial charge is 0.412 e. The summed E-state index contributed by atoms with van der Waals surface area (Å²) in [4.78, 5) is 43.2. The standard InChI is InChI=1S/C25H37Cl2FN2O6/c1-23(2,3)35-21(32)29(16-8-14-26)25(20(31)34-7,18-10-12-19(28)13-11-18)30(17-9-15-27)22(33)36-24(4,5)6/h10-13H,8-9,14-17H2,1-7H3. The number of halogens is 3. The third kappa shape index (κ3) is 8.40. The first-order valence-electron chi connectivity index (χ1n) is 11.6. The maximum Gasteiger partial charge on any atom is 0.412 e. The summed E-state index contributed by atoms with van der Waals surface area (Å²) in [6, 6.07) is 4.86. The molecule has 0 heterocycles. The van der Waals surface area contributed by atoms with Gasteiger partial charge in [-0.2, -0.15) is 0 Å². The van der Waals surface area contributed by atoms with Gasteiger partial charge in [-0.3, -0.25) is 9.80 Å². The molecule has 0 fully saturated rings. The lowest BCUT2D eigenvalue weighted by atomic mass is 9.94. The topological polar surface area (TPSA) is 85.4 Å². The highest BCUT2D eigenvalue weighted by Gasteiger charge is 2.57. The van der Waals surface area contributed by atoms with Gasteiger partial charge in [-0.25, -0.2) is 18.8 Å². The molecule has 0 aliphatic carbocycles. The van der Waals surface area contributed by atoms with Gasteiger partial charge in [0.15, 0.2) is 0 Å². The first kappa shape index (κ1) is 31.8. The zero-order valence-corrected chi connectivity index (χ0v) is 23.5. The molecule has 0 aliphatic rings. The molecule has 0 spiro atoms. The third-order valence-corrected chi connectivity index (χ3v) is 5.29. The predicted octanol–water partition coefficient (Wildman–Crippen LogP) is 5.88. The normalized spacial score (nSPS) is 12.1. The Balaban J connectivity index is 4.07. The van der Waals surface area contributed by atoms with Crippen molar-refractivity contribution in [2.75, 3.05) is 32.0 Å². The van der Waals surface area contributed by atoms with E-state index in [1.807, 2.05) is 0 Å². The Morgan fingerprint density at radius 1 is 0.806 bits per heavy atom. The van der Waals surface area contributed by atoms with Crippen molar-refractivity contribution in [2.45, 2.75) is 71.2 Å². The molecular weight excluding hydrogens is 514 g/mol. The summed E-state index contributed by atoms with van der Waals surface area (Å²) in [6.45, 7) is 9.82. The van der Waals surface area contributed by atoms with Gasteiger partial charge in [0.05, 0.1) is 7.11 Å². The Kier molecular flexibility index (Phi) is 11.8. The molecule has 204 valence electrons. The minimum atomic E-state index is -2.22. The van der Waals surface area contributed by atoms with Crippen LogP contribution in [0.3, 0.4) is 0 Å². The lowest BCUT2D eigenvalue weighted by Crippen LogP contribution is -2.67. The van der Waals surface area contributed by atoms with Gasteiger partial charge in [0.1, 0.15) is 17.0 Å². The first-order valence-corrected chi connectivity index (χ1v) is 12.7. The SMILES string of the molecule is COC(=O)C(c1ccc(F)cc1)(N(CCCCl)C(=O)OC(C)(C)C)N(CCCCl)C(=O)OC(C)(C)C. The summed E-state index contributed by atoms with van der Waals surface area (Å²) in [5.41, 5.74) is -4.00. The number of methoxy groups -OCH3 is 1. The minimum absolute atomic E-state index is 0.0922. The molecule has 0 atom stereocenters. The fourth-order valence-electron chi connectivity index (χ4n) is 3.46. The zero-order valence-electron chi connectivity index (χ0n) is 22.0. The van der Waals surface area contributed by atoms with Gasteiger partial charge in [0.2, 0.25) is 5.66 Å². The van der Waals surface area contributed by atoms with E-state index in [0.29, 0.717) is 0 Å². The van der Waals surface area contributed by atoms with E-state index in [9.17, 15) is 18.8 Å². The number of esters is 1. The molecule has 1 aromatic carbocycles. The van der Waals surface area contributed by atoms with E-state index >= 15 is 0 Å². The maximum atomic E-state index is 14.0. The Morgan fingerprint density at radius 2 is 1.19 bits per heavy atom. The van der Waals surface area contributed by atoms with Crippen molar-refractivity contribution in [1.29, 1.82) is 0 Å². The predicted molar refractivity (Wildman–Crippen MR) is 137 cm³/mol. The van der Waals surface area contributed by atoms with Crippen LogP contribution in [0.4, 0.5) is 14.0 Å². The second-order valence-corrected chi connectivity index (χ2v) is 10.8. The van der Waals surface area contributed by atoms with Gasteiger partial charge in [-0.05, 0) is 66.5 Å². The van der Waals surface area contributed by atoms with Gasteiger partial charge in [-0.1, -0.05) is 12.1 Å². The number of nitrogens with zero attached hydrogens (tertiary/aromatic N) is 2. The van der Waals surface area contributed by atoms with E-state index < -0.39 is 40.8 Å². The minimum Gasteiger partial charge on any atom is -0.466 e. The van der Waals surface area contributed by atoms with Crippen molar-refractivity contribution in [3.8, 4) is 0 Å². The van der Waals surface area contributed by atoms with Crippen molar-refractivity contribution in [3.05, 3.63) is 35.6 Å². The number of amides is 2. The largest absolute Gasteiger partial charge is 0.466 e. The summed E-state index contributed by atoms with van der Waals surface area (Å²) in [5.74, 6) is -1.26. The molecule has 0 saturated heterocycles. The first-order chi connectivity index (χ1) is 16.6. The van der Waals surface area contributed by atoms with Crippen LogP contribution in [0.15, 0.2) is 24.3 Å². The van der Waals surface area contributed by atoms with E-state index in [-0.39, 0.29) is 43.3 Å². The number of rotatable bonds is 10. The maximum absolute atomic E-state index is 14.0. The van der Waals surface area contributed by atoms with Gasteiger partial charge in [0, 0.05) is 30.4 Å². The van der Waals surface area contributed by atoms with Crippen LogP contribution in [0.2, 0.25) is 0 Å². The van der Waals surface area contributed by atoms with E-state index in [1.165, 1.54) is 12.1 Å². The molecule has 0 N–H and O–H groups in total. The number of hydrogen-bond acceptors (Lipinski definition) is 6. The molecule has 2 amide bonds. The second kappa shape index (κ2) is 13.3. The molecule has 1 aromatic rings. The van der Waals surface area contributed by atoms with Crippen molar-refractivity contribution in [3.63, 3.8) is 0 Å². The van der Waals surface area contributed by atoms with E-state index in [1.54, 1.807) is 41.5 Å². The summed E-state index contributed by atoms with van der Waals surface area (Å²) in [5, 5.41) is 0. The summed E-state index contributed by atoms with van der Waals surface area (Å²) in [7, 11) is 1.13. The molecule has 0 unspecified atom stereocenters. The highest BCUT2D eigenvalue weighted by molar-refractivity contribution is 6.18. The second-order valence-electron chi connectivity index (χ2n) is 10.0. The van der Waals surface area contributed by atoms with Crippen molar-refractivity contribution >= 4 is 41.4 Å². The van der Waals surface area contributed by atoms with Crippen molar-refractivity contribution in [1.82, 2.24) is 9.80 Å². The van der Waals surface area contributed by atoms with E-state index in [4.69, 9.17) is 37.4 Å².